The molecule has 9 heteroatoms. The van der Waals surface area contributed by atoms with Crippen LogP contribution < -0.4 is 23.8 Å². The van der Waals surface area contributed by atoms with Gasteiger partial charge in [-0.1, -0.05) is 56.3 Å². The highest BCUT2D eigenvalue weighted by Gasteiger charge is 2.51. The molecule has 1 amide bonds. The van der Waals surface area contributed by atoms with Crippen molar-refractivity contribution in [3.8, 4) is 23.0 Å². The van der Waals surface area contributed by atoms with Crippen LogP contribution in [0.5, 0.6) is 23.0 Å². The molecule has 0 aromatic heterocycles. The molecule has 46 heavy (non-hydrogen) atoms. The lowest BCUT2D eigenvalue weighted by atomic mass is 9.85. The number of carbonyl (C=O) groups is 1. The molecule has 0 saturated carbocycles. The summed E-state index contributed by atoms with van der Waals surface area (Å²) in [5.41, 5.74) is 3.05. The van der Waals surface area contributed by atoms with Gasteiger partial charge in [-0.15, -0.1) is 11.8 Å². The number of rotatable bonds is 13. The van der Waals surface area contributed by atoms with Crippen molar-refractivity contribution >= 4 is 23.4 Å². The molecule has 2 heterocycles. The van der Waals surface area contributed by atoms with Gasteiger partial charge in [-0.2, -0.15) is 0 Å². The summed E-state index contributed by atoms with van der Waals surface area (Å²) >= 11 is 1.64. The summed E-state index contributed by atoms with van der Waals surface area (Å²) in [5.74, 6) is 2.92. The van der Waals surface area contributed by atoms with Gasteiger partial charge in [0.1, 0.15) is 17.1 Å². The number of benzene rings is 3. The molecule has 3 aromatic rings. The molecule has 8 nitrogen and oxygen atoms in total. The van der Waals surface area contributed by atoms with Gasteiger partial charge in [-0.3, -0.25) is 9.69 Å². The van der Waals surface area contributed by atoms with Crippen LogP contribution in [0.1, 0.15) is 25.0 Å². The van der Waals surface area contributed by atoms with Gasteiger partial charge in [-0.05, 0) is 48.2 Å². The third-order valence-corrected chi connectivity index (χ3v) is 10.7. The van der Waals surface area contributed by atoms with Gasteiger partial charge in [0.05, 0.1) is 27.0 Å². The molecule has 0 radical (unpaired) electrons. The van der Waals surface area contributed by atoms with Gasteiger partial charge in [0, 0.05) is 56.8 Å². The Balaban J connectivity index is 1.13. The fourth-order valence-corrected chi connectivity index (χ4v) is 7.88. The highest BCUT2D eigenvalue weighted by molar-refractivity contribution is 8.01. The molecule has 0 N–H and O–H groups in total. The van der Waals surface area contributed by atoms with E-state index in [9.17, 15) is 4.79 Å². The standard InChI is InChI=1S/C37H47N3O5S/c1-27(2)37(36(41)38(3)30-14-8-10-16-34(30)46-37)29-13-7-9-15-31(29)45-24-12-11-18-39-20-22-40(23-21-39)19-17-28-25-32(42-4)35(44-6)33(26-28)43-5/h7-16,25-27H,17-24H2,1-6H3/t37-/m1/s1. The quantitative estimate of drug-likeness (QED) is 0.206. The maximum atomic E-state index is 14.0. The van der Waals surface area contributed by atoms with Crippen molar-refractivity contribution in [3.63, 3.8) is 0 Å². The van der Waals surface area contributed by atoms with Crippen LogP contribution in [0, 0.1) is 5.92 Å². The maximum Gasteiger partial charge on any atom is 0.248 e. The zero-order valence-electron chi connectivity index (χ0n) is 28.0. The number of ether oxygens (including phenoxy) is 4. The number of methoxy groups -OCH3 is 3. The molecule has 1 fully saturated rings. The second-order valence-corrected chi connectivity index (χ2v) is 13.3. The Bertz CT molecular complexity index is 1500. The Kier molecular flexibility index (Phi) is 11.2. The number of amides is 1. The van der Waals surface area contributed by atoms with Crippen LogP contribution in [0.25, 0.3) is 0 Å². The molecule has 2 aliphatic heterocycles. The van der Waals surface area contributed by atoms with Crippen LogP contribution in [-0.4, -0.2) is 90.0 Å². The number of thioether (sulfide) groups is 1. The largest absolute Gasteiger partial charge is 0.493 e. The third kappa shape index (κ3) is 7.01. The van der Waals surface area contributed by atoms with E-state index in [4.69, 9.17) is 18.9 Å². The molecule has 0 unspecified atom stereocenters. The Morgan fingerprint density at radius 3 is 2.17 bits per heavy atom. The minimum atomic E-state index is -0.769. The average Bonchev–Trinajstić information content (AvgIpc) is 3.08. The first kappa shape index (κ1) is 33.7. The highest BCUT2D eigenvalue weighted by Crippen LogP contribution is 2.56. The lowest BCUT2D eigenvalue weighted by molar-refractivity contribution is -0.122. The summed E-state index contributed by atoms with van der Waals surface area (Å²) in [6, 6.07) is 20.2. The Labute approximate surface area is 278 Å². The Hall–Kier alpha value is -3.66. The van der Waals surface area contributed by atoms with Crippen LogP contribution in [0.2, 0.25) is 0 Å². The molecule has 1 atom stereocenters. The van der Waals surface area contributed by atoms with Crippen LogP contribution >= 0.6 is 11.8 Å². The third-order valence-electron chi connectivity index (χ3n) is 8.99. The number of hydrogen-bond acceptors (Lipinski definition) is 8. The summed E-state index contributed by atoms with van der Waals surface area (Å²) in [4.78, 5) is 21.9. The van der Waals surface area contributed by atoms with Gasteiger partial charge < -0.3 is 28.7 Å². The summed E-state index contributed by atoms with van der Waals surface area (Å²) in [7, 11) is 6.80. The number of nitrogens with zero attached hydrogens (tertiary/aromatic N) is 3. The molecule has 5 rings (SSSR count). The molecule has 3 aromatic carbocycles. The fourth-order valence-electron chi connectivity index (χ4n) is 6.33. The predicted molar refractivity (Wildman–Crippen MR) is 186 cm³/mol. The van der Waals surface area contributed by atoms with E-state index in [1.54, 1.807) is 38.0 Å². The van der Waals surface area contributed by atoms with Crippen molar-refractivity contribution in [2.24, 2.45) is 5.92 Å². The number of anilines is 1. The first-order valence-corrected chi connectivity index (χ1v) is 16.8. The van der Waals surface area contributed by atoms with E-state index in [1.807, 2.05) is 61.6 Å². The minimum absolute atomic E-state index is 0.0571. The van der Waals surface area contributed by atoms with E-state index < -0.39 is 4.75 Å². The molecule has 0 bridgehead atoms. The number of likely N-dealkylation sites (N-methyl/N-ethyl adjacent to an activating group) is 1. The SMILES string of the molecule is COc1cc(CCN2CCN(CC=CCOc3ccccc3[C@@]3(C(C)C)Sc4ccccc4N(C)C3=O)CC2)cc(OC)c1OC. The van der Waals surface area contributed by atoms with Crippen LogP contribution in [0.4, 0.5) is 5.69 Å². The van der Waals surface area contributed by atoms with Crippen LogP contribution in [0.15, 0.2) is 77.7 Å². The molecule has 2 aliphatic rings. The fraction of sp³-hybridized carbons (Fsp3) is 0.432. The zero-order chi connectivity index (χ0) is 32.7. The van der Waals surface area contributed by atoms with E-state index >= 15 is 0 Å². The van der Waals surface area contributed by atoms with E-state index in [0.717, 1.165) is 67.6 Å². The second kappa shape index (κ2) is 15.3. The van der Waals surface area contributed by atoms with Gasteiger partial charge in [0.15, 0.2) is 11.5 Å². The molecule has 0 aliphatic carbocycles. The zero-order valence-corrected chi connectivity index (χ0v) is 28.8. The average molecular weight is 646 g/mol. The predicted octanol–water partition coefficient (Wildman–Crippen LogP) is 6.13. The van der Waals surface area contributed by atoms with Gasteiger partial charge >= 0.3 is 0 Å². The Morgan fingerprint density at radius 1 is 0.848 bits per heavy atom. The van der Waals surface area contributed by atoms with E-state index in [2.05, 4.69) is 41.9 Å². The monoisotopic (exact) mass is 645 g/mol. The van der Waals surface area contributed by atoms with Crippen molar-refractivity contribution in [1.82, 2.24) is 9.80 Å². The van der Waals surface area contributed by atoms with Crippen molar-refractivity contribution in [2.45, 2.75) is 29.9 Å². The van der Waals surface area contributed by atoms with Crippen molar-refractivity contribution in [3.05, 3.63) is 83.9 Å². The molecule has 246 valence electrons. The number of carbonyl (C=O) groups excluding carboxylic acids is 1. The highest BCUT2D eigenvalue weighted by atomic mass is 32.2. The van der Waals surface area contributed by atoms with Crippen molar-refractivity contribution < 1.29 is 23.7 Å². The number of hydrogen-bond donors (Lipinski definition) is 0. The smallest absolute Gasteiger partial charge is 0.248 e. The van der Waals surface area contributed by atoms with Crippen LogP contribution in [0.3, 0.4) is 0 Å². The van der Waals surface area contributed by atoms with Crippen molar-refractivity contribution in [2.75, 3.05) is 79.2 Å². The normalized spacial score (nSPS) is 19.0. The van der Waals surface area contributed by atoms with E-state index in [0.29, 0.717) is 23.9 Å². The second-order valence-electron chi connectivity index (χ2n) is 12.0. The molecular formula is C37H47N3O5S. The van der Waals surface area contributed by atoms with Crippen LogP contribution in [-0.2, 0) is 16.0 Å². The van der Waals surface area contributed by atoms with Gasteiger partial charge in [0.2, 0.25) is 11.7 Å². The number of fused-ring (bicyclic) bond motifs is 1. The maximum absolute atomic E-state index is 14.0. The van der Waals surface area contributed by atoms with E-state index in [1.165, 1.54) is 5.56 Å². The molecule has 0 spiro atoms. The summed E-state index contributed by atoms with van der Waals surface area (Å²) in [6.45, 7) is 10.7. The molecular weight excluding hydrogens is 598 g/mol. The summed E-state index contributed by atoms with van der Waals surface area (Å²) in [5, 5.41) is 0. The van der Waals surface area contributed by atoms with Gasteiger partial charge in [0.25, 0.3) is 0 Å². The van der Waals surface area contributed by atoms with Gasteiger partial charge in [-0.25, -0.2) is 0 Å². The lowest BCUT2D eigenvalue weighted by Gasteiger charge is -2.43. The Morgan fingerprint density at radius 2 is 1.50 bits per heavy atom. The number of para-hydroxylation sites is 2. The molecule has 1 saturated heterocycles. The topological polar surface area (TPSA) is 63.7 Å². The lowest BCUT2D eigenvalue weighted by Crippen LogP contribution is -2.49. The van der Waals surface area contributed by atoms with Crippen molar-refractivity contribution in [1.29, 1.82) is 0 Å². The van der Waals surface area contributed by atoms with E-state index in [-0.39, 0.29) is 11.8 Å². The number of piperazine rings is 1. The first-order chi connectivity index (χ1) is 22.3. The summed E-state index contributed by atoms with van der Waals surface area (Å²) < 4.78 is 22.1. The first-order valence-electron chi connectivity index (χ1n) is 16.0. The summed E-state index contributed by atoms with van der Waals surface area (Å²) in [6.07, 6.45) is 5.20. The minimum Gasteiger partial charge on any atom is -0.493 e.